The fourth-order valence-corrected chi connectivity index (χ4v) is 1.55. The van der Waals surface area contributed by atoms with Gasteiger partial charge in [-0.1, -0.05) is 30.3 Å². The van der Waals surface area contributed by atoms with Crippen molar-refractivity contribution < 1.29 is 0 Å². The molecule has 1 rings (SSSR count). The number of unbranched alkanes of at least 4 members (excludes halogenated alkanes) is 1. The molecule has 0 aliphatic heterocycles. The minimum absolute atomic E-state index is 0.121. The van der Waals surface area contributed by atoms with Crippen LogP contribution in [0, 0.1) is 22.7 Å². The fraction of sp³-hybridized carbons (Fsp3) is 0.429. The lowest BCUT2D eigenvalue weighted by atomic mass is 9.98. The minimum atomic E-state index is -0.121. The summed E-state index contributed by atoms with van der Waals surface area (Å²) in [6, 6.07) is 14.1. The van der Waals surface area contributed by atoms with Crippen LogP contribution in [0.1, 0.15) is 30.7 Å². The average Bonchev–Trinajstić information content (AvgIpc) is 2.43. The molecule has 0 saturated heterocycles. The molecular weight excluding hydrogens is 224 g/mol. The summed E-state index contributed by atoms with van der Waals surface area (Å²) >= 11 is 0. The van der Waals surface area contributed by atoms with E-state index in [-0.39, 0.29) is 5.92 Å². The lowest BCUT2D eigenvalue weighted by Gasteiger charge is -2.06. The molecule has 1 atom stereocenters. The Kier molecular flexibility index (Phi) is 6.85. The molecule has 1 aromatic carbocycles. The van der Waals surface area contributed by atoms with E-state index in [0.29, 0.717) is 25.9 Å². The number of hydrogen-bond acceptors (Lipinski definition) is 4. The third-order valence-electron chi connectivity index (χ3n) is 2.52. The molecule has 0 N–H and O–H groups in total. The molecule has 0 heterocycles. The molecule has 0 saturated carbocycles. The lowest BCUT2D eigenvalue weighted by Crippen LogP contribution is -1.97. The fourth-order valence-electron chi connectivity index (χ4n) is 1.55. The van der Waals surface area contributed by atoms with Gasteiger partial charge in [0.25, 0.3) is 0 Å². The van der Waals surface area contributed by atoms with E-state index in [1.54, 1.807) is 0 Å². The maximum Gasteiger partial charge on any atom is 0.0731 e. The van der Waals surface area contributed by atoms with Crippen molar-refractivity contribution in [1.29, 1.82) is 10.5 Å². The van der Waals surface area contributed by atoms with Gasteiger partial charge in [0, 0.05) is 6.42 Å². The Bertz CT molecular complexity index is 439. The van der Waals surface area contributed by atoms with Crippen LogP contribution in [0.15, 0.2) is 40.6 Å². The largest absolute Gasteiger partial charge is 0.198 e. The normalized spacial score (nSPS) is 11.9. The van der Waals surface area contributed by atoms with E-state index in [9.17, 15) is 0 Å². The molecular formula is C14H16N4. The second-order valence-corrected chi connectivity index (χ2v) is 3.87. The van der Waals surface area contributed by atoms with Gasteiger partial charge in [-0.2, -0.15) is 20.8 Å². The molecule has 18 heavy (non-hydrogen) atoms. The summed E-state index contributed by atoms with van der Waals surface area (Å²) in [6.45, 7) is 1.15. The van der Waals surface area contributed by atoms with Crippen LogP contribution in [0.2, 0.25) is 0 Å². The summed E-state index contributed by atoms with van der Waals surface area (Å²) in [5, 5.41) is 25.4. The van der Waals surface area contributed by atoms with Crippen LogP contribution in [-0.2, 0) is 0 Å². The minimum Gasteiger partial charge on any atom is -0.198 e. The highest BCUT2D eigenvalue weighted by Crippen LogP contribution is 2.18. The Morgan fingerprint density at radius 3 is 2.44 bits per heavy atom. The maximum atomic E-state index is 9.09. The van der Waals surface area contributed by atoms with Crippen molar-refractivity contribution in [2.75, 3.05) is 13.1 Å². The summed E-state index contributed by atoms with van der Waals surface area (Å²) in [5.41, 5.74) is 1.03. The highest BCUT2D eigenvalue weighted by atomic mass is 15.1. The van der Waals surface area contributed by atoms with Crippen LogP contribution in [0.4, 0.5) is 0 Å². The molecule has 0 bridgehead atoms. The van der Waals surface area contributed by atoms with Crippen molar-refractivity contribution in [3.05, 3.63) is 35.9 Å². The Labute approximate surface area is 108 Å². The first-order valence-electron chi connectivity index (χ1n) is 6.03. The number of hydrogen-bond donors (Lipinski definition) is 0. The van der Waals surface area contributed by atoms with Gasteiger partial charge < -0.3 is 0 Å². The summed E-state index contributed by atoms with van der Waals surface area (Å²) in [7, 11) is 0. The molecule has 0 aliphatic rings. The molecule has 1 unspecified atom stereocenters. The van der Waals surface area contributed by atoms with Crippen molar-refractivity contribution in [2.45, 2.75) is 25.2 Å². The van der Waals surface area contributed by atoms with Crippen molar-refractivity contribution in [1.82, 2.24) is 0 Å². The van der Waals surface area contributed by atoms with E-state index in [0.717, 1.165) is 12.0 Å². The zero-order valence-corrected chi connectivity index (χ0v) is 10.3. The van der Waals surface area contributed by atoms with Crippen LogP contribution in [-0.4, -0.2) is 13.1 Å². The number of nitrogens with zero attached hydrogens (tertiary/aromatic N) is 4. The molecule has 92 valence electrons. The van der Waals surface area contributed by atoms with Crippen LogP contribution >= 0.6 is 0 Å². The van der Waals surface area contributed by atoms with Crippen molar-refractivity contribution in [3.8, 4) is 12.1 Å². The van der Waals surface area contributed by atoms with Gasteiger partial charge in [-0.15, -0.1) is 0 Å². The highest BCUT2D eigenvalue weighted by molar-refractivity contribution is 5.24. The molecule has 0 spiro atoms. The Balaban J connectivity index is 2.30. The molecule has 4 nitrogen and oxygen atoms in total. The third-order valence-corrected chi connectivity index (χ3v) is 2.52. The monoisotopic (exact) mass is 240 g/mol. The molecule has 4 heteroatoms. The van der Waals surface area contributed by atoms with Crippen LogP contribution in [0.25, 0.3) is 0 Å². The van der Waals surface area contributed by atoms with Gasteiger partial charge in [0.15, 0.2) is 0 Å². The number of azo groups is 1. The number of rotatable bonds is 7. The van der Waals surface area contributed by atoms with Crippen molar-refractivity contribution in [2.24, 2.45) is 10.2 Å². The van der Waals surface area contributed by atoms with Gasteiger partial charge in [0.1, 0.15) is 0 Å². The van der Waals surface area contributed by atoms with E-state index in [2.05, 4.69) is 22.4 Å². The van der Waals surface area contributed by atoms with E-state index in [4.69, 9.17) is 10.5 Å². The topological polar surface area (TPSA) is 72.3 Å². The standard InChI is InChI=1S/C14H16N4/c15-9-4-5-10-17-18-11-8-14(12-16)13-6-2-1-3-7-13/h1-3,6-7,14H,4-5,8,10-11H2. The quantitative estimate of drug-likeness (QED) is 0.541. The average molecular weight is 240 g/mol. The van der Waals surface area contributed by atoms with Gasteiger partial charge >= 0.3 is 0 Å². The first-order valence-corrected chi connectivity index (χ1v) is 6.03. The van der Waals surface area contributed by atoms with E-state index < -0.39 is 0 Å². The molecule has 0 radical (unpaired) electrons. The molecule has 0 amide bonds. The smallest absolute Gasteiger partial charge is 0.0731 e. The van der Waals surface area contributed by atoms with Gasteiger partial charge in [0.05, 0.1) is 31.1 Å². The molecule has 0 aromatic heterocycles. The van der Waals surface area contributed by atoms with Gasteiger partial charge in [0.2, 0.25) is 0 Å². The summed E-state index contributed by atoms with van der Waals surface area (Å²) in [6.07, 6.45) is 1.95. The number of benzene rings is 1. The molecule has 0 fully saturated rings. The Morgan fingerprint density at radius 2 is 1.78 bits per heavy atom. The summed E-state index contributed by atoms with van der Waals surface area (Å²) < 4.78 is 0. The van der Waals surface area contributed by atoms with Crippen LogP contribution < -0.4 is 0 Å². The van der Waals surface area contributed by atoms with E-state index in [1.807, 2.05) is 30.3 Å². The molecule has 1 aromatic rings. The zero-order chi connectivity index (χ0) is 13.1. The van der Waals surface area contributed by atoms with E-state index >= 15 is 0 Å². The van der Waals surface area contributed by atoms with Crippen LogP contribution in [0.5, 0.6) is 0 Å². The third kappa shape index (κ3) is 5.23. The SMILES string of the molecule is N#CCCCN=NCCC(C#N)c1ccccc1. The zero-order valence-electron chi connectivity index (χ0n) is 10.3. The Morgan fingerprint density at radius 1 is 1.06 bits per heavy atom. The second-order valence-electron chi connectivity index (χ2n) is 3.87. The Hall–Kier alpha value is -2.20. The first kappa shape index (κ1) is 13.9. The second kappa shape index (κ2) is 8.90. The van der Waals surface area contributed by atoms with Crippen molar-refractivity contribution in [3.63, 3.8) is 0 Å². The summed E-state index contributed by atoms with van der Waals surface area (Å²) in [5.74, 6) is -0.121. The molecule has 0 aliphatic carbocycles. The predicted molar refractivity (Wildman–Crippen MR) is 68.9 cm³/mol. The van der Waals surface area contributed by atoms with Gasteiger partial charge in [-0.25, -0.2) is 0 Å². The van der Waals surface area contributed by atoms with Gasteiger partial charge in [-0.3, -0.25) is 0 Å². The lowest BCUT2D eigenvalue weighted by molar-refractivity contribution is 0.709. The first-order chi connectivity index (χ1) is 8.88. The van der Waals surface area contributed by atoms with Crippen molar-refractivity contribution >= 4 is 0 Å². The van der Waals surface area contributed by atoms with Crippen LogP contribution in [0.3, 0.4) is 0 Å². The summed E-state index contributed by atoms with van der Waals surface area (Å²) in [4.78, 5) is 0. The van der Waals surface area contributed by atoms with E-state index in [1.165, 1.54) is 0 Å². The van der Waals surface area contributed by atoms with Gasteiger partial charge in [-0.05, 0) is 18.4 Å². The highest BCUT2D eigenvalue weighted by Gasteiger charge is 2.08. The maximum absolute atomic E-state index is 9.09. The number of nitriles is 2. The predicted octanol–water partition coefficient (Wildman–Crippen LogP) is 3.44.